The molecule has 1 aliphatic heterocycles. The Kier molecular flexibility index (Phi) is 9.09. The number of fused-ring (bicyclic) bond motifs is 1. The van der Waals surface area contributed by atoms with Crippen molar-refractivity contribution >= 4 is 23.2 Å². The second kappa shape index (κ2) is 12.7. The molecule has 1 aliphatic rings. The van der Waals surface area contributed by atoms with E-state index >= 15 is 4.39 Å². The van der Waals surface area contributed by atoms with Crippen molar-refractivity contribution in [3.8, 4) is 0 Å². The zero-order valence-corrected chi connectivity index (χ0v) is 26.1. The van der Waals surface area contributed by atoms with E-state index in [1.165, 1.54) is 36.1 Å². The first kappa shape index (κ1) is 32.9. The highest BCUT2D eigenvalue weighted by Gasteiger charge is 2.43. The summed E-state index contributed by atoms with van der Waals surface area (Å²) in [5, 5.41) is 12.9. The Morgan fingerprint density at radius 2 is 1.61 bits per heavy atom. The van der Waals surface area contributed by atoms with Crippen LogP contribution in [0.2, 0.25) is 0 Å². The van der Waals surface area contributed by atoms with Gasteiger partial charge in [0.15, 0.2) is 0 Å². The molecule has 0 saturated carbocycles. The standard InChI is InChI=1S/C37H36F4N2O3/c1-22-12-17-27(21-29(22)37(39,40)41)42-34(44)28-20-26-9-5-6-11-31(26)43(35(45)32-23(2)8-7-10-30(32)38)33(28)25-15-13-24(14-16-25)18-19-36(3,4)46/h5-17,21,28,33,46H,18-20H2,1-4H3,(H,42,44)/t28-,33?/m0/s1. The zero-order chi connectivity index (χ0) is 33.4. The van der Waals surface area contributed by atoms with Crippen LogP contribution in [0.3, 0.4) is 0 Å². The van der Waals surface area contributed by atoms with Crippen LogP contribution in [0.1, 0.15) is 70.0 Å². The molecular formula is C37H36F4N2O3. The van der Waals surface area contributed by atoms with Gasteiger partial charge in [-0.3, -0.25) is 14.5 Å². The monoisotopic (exact) mass is 632 g/mol. The van der Waals surface area contributed by atoms with Gasteiger partial charge in [0.2, 0.25) is 5.91 Å². The molecule has 4 aromatic carbocycles. The number of hydrogen-bond acceptors (Lipinski definition) is 3. The first-order valence-electron chi connectivity index (χ1n) is 15.1. The lowest BCUT2D eigenvalue weighted by atomic mass is 9.80. The Bertz CT molecular complexity index is 1740. The molecule has 2 atom stereocenters. The summed E-state index contributed by atoms with van der Waals surface area (Å²) in [5.74, 6) is -2.85. The number of anilines is 2. The normalized spacial score (nSPS) is 16.6. The third-order valence-corrected chi connectivity index (χ3v) is 8.50. The Labute approximate surface area is 265 Å². The topological polar surface area (TPSA) is 69.6 Å². The number of para-hydroxylation sites is 1. The van der Waals surface area contributed by atoms with Gasteiger partial charge in [-0.15, -0.1) is 0 Å². The molecule has 0 spiro atoms. The predicted octanol–water partition coefficient (Wildman–Crippen LogP) is 8.36. The van der Waals surface area contributed by atoms with E-state index in [9.17, 15) is 27.9 Å². The molecule has 0 aromatic heterocycles. The van der Waals surface area contributed by atoms with E-state index in [1.807, 2.05) is 12.1 Å². The van der Waals surface area contributed by atoms with Gasteiger partial charge in [-0.1, -0.05) is 60.7 Å². The van der Waals surface area contributed by atoms with Gasteiger partial charge >= 0.3 is 6.18 Å². The number of halogens is 4. The van der Waals surface area contributed by atoms with Gasteiger partial charge in [-0.2, -0.15) is 13.2 Å². The Balaban J connectivity index is 1.62. The molecule has 0 saturated heterocycles. The maximum Gasteiger partial charge on any atom is 0.416 e. The number of nitrogens with zero attached hydrogens (tertiary/aromatic N) is 1. The lowest BCUT2D eigenvalue weighted by molar-refractivity contribution is -0.138. The molecule has 2 N–H and O–H groups in total. The maximum atomic E-state index is 15.3. The van der Waals surface area contributed by atoms with E-state index in [1.54, 1.807) is 63.2 Å². The van der Waals surface area contributed by atoms with Crippen LogP contribution in [0, 0.1) is 25.6 Å². The van der Waals surface area contributed by atoms with Gasteiger partial charge in [0.1, 0.15) is 5.82 Å². The molecule has 1 unspecified atom stereocenters. The summed E-state index contributed by atoms with van der Waals surface area (Å²) in [4.78, 5) is 29.9. The molecule has 2 amide bonds. The molecular weight excluding hydrogens is 596 g/mol. The Morgan fingerprint density at radius 3 is 2.26 bits per heavy atom. The second-order valence-electron chi connectivity index (χ2n) is 12.6. The summed E-state index contributed by atoms with van der Waals surface area (Å²) >= 11 is 0. The van der Waals surface area contributed by atoms with Crippen LogP contribution in [0.5, 0.6) is 0 Å². The minimum atomic E-state index is -4.61. The Morgan fingerprint density at radius 1 is 0.913 bits per heavy atom. The number of hydrogen-bond donors (Lipinski definition) is 2. The molecule has 4 aromatic rings. The lowest BCUT2D eigenvalue weighted by Crippen LogP contribution is -2.47. The third-order valence-electron chi connectivity index (χ3n) is 8.50. The average Bonchev–Trinajstić information content (AvgIpc) is 2.99. The van der Waals surface area contributed by atoms with Crippen LogP contribution in [0.4, 0.5) is 28.9 Å². The second-order valence-corrected chi connectivity index (χ2v) is 12.6. The molecule has 9 heteroatoms. The Hall–Kier alpha value is -4.50. The number of benzene rings is 4. The fourth-order valence-corrected chi connectivity index (χ4v) is 6.05. The van der Waals surface area contributed by atoms with Crippen molar-refractivity contribution in [3.63, 3.8) is 0 Å². The molecule has 5 nitrogen and oxygen atoms in total. The summed E-state index contributed by atoms with van der Waals surface area (Å²) in [5.41, 5.74) is 1.30. The van der Waals surface area contributed by atoms with Crippen molar-refractivity contribution in [1.82, 2.24) is 0 Å². The highest BCUT2D eigenvalue weighted by atomic mass is 19.4. The third kappa shape index (κ3) is 6.99. The largest absolute Gasteiger partial charge is 0.416 e. The predicted molar refractivity (Wildman–Crippen MR) is 170 cm³/mol. The van der Waals surface area contributed by atoms with E-state index < -0.39 is 46.9 Å². The van der Waals surface area contributed by atoms with Crippen LogP contribution < -0.4 is 10.2 Å². The average molecular weight is 633 g/mol. The maximum absolute atomic E-state index is 15.3. The van der Waals surface area contributed by atoms with E-state index in [0.29, 0.717) is 35.2 Å². The smallest absolute Gasteiger partial charge is 0.390 e. The fourth-order valence-electron chi connectivity index (χ4n) is 6.05. The zero-order valence-electron chi connectivity index (χ0n) is 26.1. The van der Waals surface area contributed by atoms with Gasteiger partial charge in [0.05, 0.1) is 28.7 Å². The highest BCUT2D eigenvalue weighted by molar-refractivity contribution is 6.09. The quantitative estimate of drug-likeness (QED) is 0.201. The molecule has 46 heavy (non-hydrogen) atoms. The van der Waals surface area contributed by atoms with Gasteiger partial charge in [0, 0.05) is 11.4 Å². The number of aliphatic hydroxyl groups is 1. The van der Waals surface area contributed by atoms with Crippen molar-refractivity contribution in [2.75, 3.05) is 10.2 Å². The van der Waals surface area contributed by atoms with Crippen molar-refractivity contribution in [3.05, 3.63) is 130 Å². The van der Waals surface area contributed by atoms with E-state index in [0.717, 1.165) is 11.6 Å². The van der Waals surface area contributed by atoms with E-state index in [2.05, 4.69) is 5.32 Å². The van der Waals surface area contributed by atoms with Crippen LogP contribution in [-0.2, 0) is 23.8 Å². The van der Waals surface area contributed by atoms with Crippen LogP contribution in [-0.4, -0.2) is 22.5 Å². The van der Waals surface area contributed by atoms with Gasteiger partial charge in [0.25, 0.3) is 5.91 Å². The first-order chi connectivity index (χ1) is 21.6. The van der Waals surface area contributed by atoms with Crippen molar-refractivity contribution in [2.45, 2.75) is 64.8 Å². The lowest BCUT2D eigenvalue weighted by Gasteiger charge is -2.42. The van der Waals surface area contributed by atoms with Gasteiger partial charge in [-0.25, -0.2) is 4.39 Å². The number of nitrogens with one attached hydrogen (secondary N) is 1. The summed E-state index contributed by atoms with van der Waals surface area (Å²) < 4.78 is 56.3. The molecule has 1 heterocycles. The first-order valence-corrected chi connectivity index (χ1v) is 15.1. The fraction of sp³-hybridized carbons (Fsp3) is 0.297. The van der Waals surface area contributed by atoms with Gasteiger partial charge < -0.3 is 10.4 Å². The number of alkyl halides is 3. The SMILES string of the molecule is Cc1ccc(NC(=O)[C@H]2Cc3ccccc3N(C(=O)c3c(C)cccc3F)C2c2ccc(CCC(C)(C)O)cc2)cc1C(F)(F)F. The van der Waals surface area contributed by atoms with Crippen molar-refractivity contribution < 1.29 is 32.3 Å². The highest BCUT2D eigenvalue weighted by Crippen LogP contribution is 2.44. The summed E-state index contributed by atoms with van der Waals surface area (Å²) in [6.07, 6.45) is -3.31. The molecule has 0 fully saturated rings. The van der Waals surface area contributed by atoms with Crippen molar-refractivity contribution in [2.24, 2.45) is 5.92 Å². The molecule has 0 radical (unpaired) electrons. The summed E-state index contributed by atoms with van der Waals surface area (Å²) in [6.45, 7) is 6.44. The van der Waals surface area contributed by atoms with Crippen LogP contribution in [0.15, 0.2) is 84.9 Å². The number of amides is 2. The molecule has 240 valence electrons. The number of rotatable bonds is 7. The van der Waals surface area contributed by atoms with Crippen LogP contribution in [0.25, 0.3) is 0 Å². The van der Waals surface area contributed by atoms with E-state index in [-0.39, 0.29) is 23.2 Å². The number of carbonyl (C=O) groups excluding carboxylic acids is 2. The summed E-state index contributed by atoms with van der Waals surface area (Å²) in [7, 11) is 0. The molecule has 5 rings (SSSR count). The molecule has 0 aliphatic carbocycles. The minimum Gasteiger partial charge on any atom is -0.390 e. The molecule has 0 bridgehead atoms. The summed E-state index contributed by atoms with van der Waals surface area (Å²) in [6, 6.07) is 21.5. The van der Waals surface area contributed by atoms with E-state index in [4.69, 9.17) is 0 Å². The number of aryl methyl sites for hydroxylation is 3. The van der Waals surface area contributed by atoms with Gasteiger partial charge in [-0.05, 0) is 99.0 Å². The van der Waals surface area contributed by atoms with Crippen LogP contribution >= 0.6 is 0 Å². The minimum absolute atomic E-state index is 0.0228. The van der Waals surface area contributed by atoms with Crippen molar-refractivity contribution in [1.29, 1.82) is 0 Å². The number of carbonyl (C=O) groups is 2.